The van der Waals surface area contributed by atoms with Gasteiger partial charge in [0.2, 0.25) is 5.83 Å². The van der Waals surface area contributed by atoms with Gasteiger partial charge in [-0.05, 0) is 6.92 Å². The van der Waals surface area contributed by atoms with Crippen LogP contribution in [0, 0.1) is 0 Å². The van der Waals surface area contributed by atoms with Crippen molar-refractivity contribution in [3.63, 3.8) is 0 Å². The number of rotatable bonds is 1. The second kappa shape index (κ2) is 6.51. The Morgan fingerprint density at radius 1 is 1.33 bits per heavy atom. The zero-order valence-electron chi connectivity index (χ0n) is 6.51. The third-order valence-electron chi connectivity index (χ3n) is 0.546. The van der Waals surface area contributed by atoms with Crippen molar-refractivity contribution in [1.29, 1.82) is 0 Å². The van der Waals surface area contributed by atoms with Crippen LogP contribution in [-0.2, 0) is 4.79 Å². The molecule has 0 rings (SSSR count). The lowest BCUT2D eigenvalue weighted by molar-refractivity contribution is -0.134. The van der Waals surface area contributed by atoms with Crippen molar-refractivity contribution < 1.29 is 28.2 Å². The number of alkyl halides is 1. The van der Waals surface area contributed by atoms with Crippen molar-refractivity contribution >= 4 is 5.97 Å². The number of aliphatic carboxylic acids is 1. The Hall–Kier alpha value is -1.20. The fourth-order valence-electron chi connectivity index (χ4n) is 0.164. The van der Waals surface area contributed by atoms with E-state index in [-0.39, 0.29) is 0 Å². The molecule has 12 heavy (non-hydrogen) atoms. The van der Waals surface area contributed by atoms with Crippen molar-refractivity contribution in [2.45, 2.75) is 20.0 Å². The number of carboxylic acids is 1. The summed E-state index contributed by atoms with van der Waals surface area (Å²) in [6.45, 7) is 1.87. The van der Waals surface area contributed by atoms with Crippen molar-refractivity contribution in [2.24, 2.45) is 0 Å². The highest BCUT2D eigenvalue weighted by atomic mass is 19.2. The number of carbonyl (C=O) groups is 1. The molecule has 0 saturated heterocycles. The van der Waals surface area contributed by atoms with Crippen LogP contribution in [-0.4, -0.2) is 22.4 Å². The number of hydrogen-bond acceptors (Lipinski definition) is 2. The molecule has 0 aliphatic rings. The lowest BCUT2D eigenvalue weighted by Gasteiger charge is -1.93. The Labute approximate surface area is 67.1 Å². The monoisotopic (exact) mass is 186 g/mol. The lowest BCUT2D eigenvalue weighted by atomic mass is 10.4. The summed E-state index contributed by atoms with van der Waals surface area (Å²) < 4.78 is 34.2. The van der Waals surface area contributed by atoms with Gasteiger partial charge in [-0.25, -0.2) is 8.78 Å². The molecule has 0 bridgehead atoms. The van der Waals surface area contributed by atoms with E-state index in [0.29, 0.717) is 0 Å². The minimum Gasteiger partial charge on any atom is -0.484 e. The van der Waals surface area contributed by atoms with Gasteiger partial charge in [0.25, 0.3) is 5.97 Å². The molecule has 0 amide bonds. The largest absolute Gasteiger partial charge is 0.484 e. The van der Waals surface area contributed by atoms with Gasteiger partial charge in [-0.1, -0.05) is 0 Å². The Kier molecular flexibility index (Phi) is 7.26. The van der Waals surface area contributed by atoms with Crippen LogP contribution < -0.4 is 0 Å². The third-order valence-corrected chi connectivity index (χ3v) is 0.546. The van der Waals surface area contributed by atoms with Crippen molar-refractivity contribution in [3.05, 3.63) is 11.8 Å². The first kappa shape index (κ1) is 13.4. The first-order valence-electron chi connectivity index (χ1n) is 2.86. The zero-order chi connectivity index (χ0) is 10.3. The smallest absolute Gasteiger partial charge is 0.305 e. The zero-order valence-corrected chi connectivity index (χ0v) is 6.51. The van der Waals surface area contributed by atoms with Gasteiger partial charge >= 0.3 is 6.01 Å². The molecule has 6 heteroatoms. The minimum absolute atomic E-state index is 0.783. The molecule has 0 fully saturated rings. The maximum absolute atomic E-state index is 11.5. The molecular weight excluding hydrogens is 177 g/mol. The van der Waals surface area contributed by atoms with E-state index in [1.165, 1.54) is 0 Å². The molecule has 0 aromatic heterocycles. The molecule has 72 valence electrons. The molecule has 0 aromatic carbocycles. The Morgan fingerprint density at radius 2 is 1.58 bits per heavy atom. The Balaban J connectivity index is 0. The van der Waals surface area contributed by atoms with Gasteiger partial charge in [0, 0.05) is 6.92 Å². The summed E-state index contributed by atoms with van der Waals surface area (Å²) >= 11 is 0. The molecule has 2 N–H and O–H groups in total. The summed E-state index contributed by atoms with van der Waals surface area (Å²) in [6, 6.07) is -2.08. The van der Waals surface area contributed by atoms with Crippen LogP contribution in [0.1, 0.15) is 13.8 Å². The maximum Gasteiger partial charge on any atom is 0.305 e. The van der Waals surface area contributed by atoms with Gasteiger partial charge in [-0.2, -0.15) is 4.39 Å². The number of hydrogen-bond donors (Lipinski definition) is 2. The number of halogens is 3. The van der Waals surface area contributed by atoms with Crippen molar-refractivity contribution in [1.82, 2.24) is 0 Å². The summed E-state index contributed by atoms with van der Waals surface area (Å²) in [4.78, 5) is 9.00. The van der Waals surface area contributed by atoms with E-state index in [1.54, 1.807) is 0 Å². The Morgan fingerprint density at radius 3 is 1.58 bits per heavy atom. The summed E-state index contributed by atoms with van der Waals surface area (Å²) in [7, 11) is 0. The van der Waals surface area contributed by atoms with Gasteiger partial charge < -0.3 is 10.2 Å². The summed E-state index contributed by atoms with van der Waals surface area (Å²) in [5.74, 6) is -2.59. The third kappa shape index (κ3) is 11.6. The predicted molar refractivity (Wildman–Crippen MR) is 35.8 cm³/mol. The van der Waals surface area contributed by atoms with Crippen molar-refractivity contribution in [2.75, 3.05) is 0 Å². The molecule has 0 heterocycles. The fraction of sp³-hybridized carbons (Fsp3) is 0.500. The molecule has 0 aliphatic heterocycles. The van der Waals surface area contributed by atoms with Gasteiger partial charge in [-0.15, -0.1) is 0 Å². The van der Waals surface area contributed by atoms with E-state index < -0.39 is 24.0 Å². The van der Waals surface area contributed by atoms with E-state index in [4.69, 9.17) is 15.0 Å². The second-order valence-electron chi connectivity index (χ2n) is 1.77. The van der Waals surface area contributed by atoms with Crippen LogP contribution in [0.5, 0.6) is 0 Å². The SMILES string of the molecule is CC(=O)O.CC(F)C(F)=C(O)F. The highest BCUT2D eigenvalue weighted by molar-refractivity contribution is 5.62. The van der Waals surface area contributed by atoms with Crippen LogP contribution >= 0.6 is 0 Å². The lowest BCUT2D eigenvalue weighted by Crippen LogP contribution is -1.94. The highest BCUT2D eigenvalue weighted by Crippen LogP contribution is 2.11. The average Bonchev–Trinajstić information content (AvgIpc) is 1.84. The minimum atomic E-state index is -2.08. The van der Waals surface area contributed by atoms with Gasteiger partial charge in [0.05, 0.1) is 0 Å². The quantitative estimate of drug-likeness (QED) is 0.616. The normalized spacial score (nSPS) is 13.8. The van der Waals surface area contributed by atoms with E-state index in [1.807, 2.05) is 0 Å². The first-order valence-corrected chi connectivity index (χ1v) is 2.86. The van der Waals surface area contributed by atoms with Gasteiger partial charge in [0.1, 0.15) is 0 Å². The average molecular weight is 186 g/mol. The van der Waals surface area contributed by atoms with Crippen LogP contribution in [0.25, 0.3) is 0 Å². The van der Waals surface area contributed by atoms with Crippen LogP contribution in [0.4, 0.5) is 13.2 Å². The van der Waals surface area contributed by atoms with Gasteiger partial charge in [-0.3, -0.25) is 4.79 Å². The summed E-state index contributed by atoms with van der Waals surface area (Å²) in [5.41, 5.74) is 0. The Bertz CT molecular complexity index is 169. The fourth-order valence-corrected chi connectivity index (χ4v) is 0.164. The second-order valence-corrected chi connectivity index (χ2v) is 1.77. The van der Waals surface area contributed by atoms with Gasteiger partial charge in [0.15, 0.2) is 6.17 Å². The predicted octanol–water partition coefficient (Wildman–Crippen LogP) is 2.10. The number of carboxylic acid groups (broad SMARTS) is 1. The number of allylic oxidation sites excluding steroid dienone is 1. The van der Waals surface area contributed by atoms with Crippen LogP contribution in [0.15, 0.2) is 11.8 Å². The number of aliphatic hydroxyl groups excluding tert-OH is 1. The molecule has 0 saturated carbocycles. The topological polar surface area (TPSA) is 57.5 Å². The van der Waals surface area contributed by atoms with E-state index in [0.717, 1.165) is 13.8 Å². The molecular formula is C6H9F3O3. The summed E-state index contributed by atoms with van der Waals surface area (Å²) in [6.07, 6.45) is -2.07. The molecule has 0 spiro atoms. The highest BCUT2D eigenvalue weighted by Gasteiger charge is 2.11. The maximum atomic E-state index is 11.5. The van der Waals surface area contributed by atoms with Crippen LogP contribution in [0.2, 0.25) is 0 Å². The van der Waals surface area contributed by atoms with E-state index in [9.17, 15) is 13.2 Å². The first-order chi connectivity index (χ1) is 5.29. The van der Waals surface area contributed by atoms with Crippen LogP contribution in [0.3, 0.4) is 0 Å². The van der Waals surface area contributed by atoms with Crippen molar-refractivity contribution in [3.8, 4) is 0 Å². The van der Waals surface area contributed by atoms with E-state index in [2.05, 4.69) is 0 Å². The van der Waals surface area contributed by atoms with E-state index >= 15 is 0 Å². The summed E-state index contributed by atoms with van der Waals surface area (Å²) in [5, 5.41) is 15.0. The molecule has 1 unspecified atom stereocenters. The standard InChI is InChI=1S/C4H5F3O.C2H4O2/c1-2(5)3(6)4(7)8;1-2(3)4/h2,8H,1H3;1H3,(H,3,4). The molecule has 3 nitrogen and oxygen atoms in total. The molecule has 0 aromatic rings. The molecule has 1 atom stereocenters. The molecule has 0 radical (unpaired) electrons. The molecule has 0 aliphatic carbocycles. The number of aliphatic hydroxyl groups is 1.